The summed E-state index contributed by atoms with van der Waals surface area (Å²) in [5.74, 6) is 0. The number of benzene rings is 1. The van der Waals surface area contributed by atoms with E-state index in [1.165, 1.54) is 37.1 Å². The first-order valence-corrected chi connectivity index (χ1v) is 8.35. The number of allylic oxidation sites excluding steroid dienone is 1. The molecular formula is C18H27ClN2. The van der Waals surface area contributed by atoms with E-state index >= 15 is 0 Å². The molecule has 1 fully saturated rings. The zero-order valence-corrected chi connectivity index (χ0v) is 14.0. The van der Waals surface area contributed by atoms with Crippen molar-refractivity contribution in [3.8, 4) is 0 Å². The van der Waals surface area contributed by atoms with Crippen LogP contribution in [0, 0.1) is 0 Å². The maximum Gasteiger partial charge on any atom is 0.0406 e. The number of nitrogens with zero attached hydrogens (tertiary/aromatic N) is 1. The van der Waals surface area contributed by atoms with Crippen LogP contribution in [0.1, 0.15) is 32.3 Å². The summed E-state index contributed by atoms with van der Waals surface area (Å²) in [6.45, 7) is 8.93. The SMILES string of the molecule is CC(C)=CCN1CCC(NCCc2ccc(Cl)cc2)CC1. The van der Waals surface area contributed by atoms with Crippen LogP contribution in [0.15, 0.2) is 35.9 Å². The highest BCUT2D eigenvalue weighted by molar-refractivity contribution is 6.30. The van der Waals surface area contributed by atoms with E-state index in [1.807, 2.05) is 12.1 Å². The predicted octanol–water partition coefficient (Wildman–Crippen LogP) is 3.90. The van der Waals surface area contributed by atoms with Gasteiger partial charge in [-0.2, -0.15) is 0 Å². The Morgan fingerprint density at radius 1 is 1.24 bits per heavy atom. The highest BCUT2D eigenvalue weighted by atomic mass is 35.5. The molecular weight excluding hydrogens is 280 g/mol. The lowest BCUT2D eigenvalue weighted by molar-refractivity contribution is 0.215. The Morgan fingerprint density at radius 2 is 1.90 bits per heavy atom. The maximum absolute atomic E-state index is 5.90. The molecule has 1 aliphatic rings. The Bertz CT molecular complexity index is 441. The third kappa shape index (κ3) is 6.21. The van der Waals surface area contributed by atoms with Crippen molar-refractivity contribution in [1.29, 1.82) is 0 Å². The summed E-state index contributed by atoms with van der Waals surface area (Å²) in [5.41, 5.74) is 2.77. The largest absolute Gasteiger partial charge is 0.314 e. The molecule has 0 bridgehead atoms. The number of piperidine rings is 1. The first-order chi connectivity index (χ1) is 10.1. The Labute approximate surface area is 134 Å². The monoisotopic (exact) mass is 306 g/mol. The van der Waals surface area contributed by atoms with E-state index in [2.05, 4.69) is 42.3 Å². The molecule has 0 radical (unpaired) electrons. The Balaban J connectivity index is 1.62. The molecule has 1 N–H and O–H groups in total. The number of likely N-dealkylation sites (tertiary alicyclic amines) is 1. The van der Waals surface area contributed by atoms with Gasteiger partial charge in [0, 0.05) is 17.6 Å². The molecule has 1 aromatic carbocycles. The van der Waals surface area contributed by atoms with Crippen LogP contribution in [0.5, 0.6) is 0 Å². The molecule has 0 atom stereocenters. The fourth-order valence-electron chi connectivity index (χ4n) is 2.70. The lowest BCUT2D eigenvalue weighted by Crippen LogP contribution is -2.43. The molecule has 1 heterocycles. The minimum Gasteiger partial charge on any atom is -0.314 e. The summed E-state index contributed by atoms with van der Waals surface area (Å²) >= 11 is 5.90. The Kier molecular flexibility index (Phi) is 6.75. The minimum atomic E-state index is 0.681. The third-order valence-corrected chi connectivity index (χ3v) is 4.36. The molecule has 21 heavy (non-hydrogen) atoms. The number of rotatable bonds is 6. The van der Waals surface area contributed by atoms with Crippen molar-refractivity contribution in [2.24, 2.45) is 0 Å². The lowest BCUT2D eigenvalue weighted by Gasteiger charge is -2.31. The molecule has 0 aromatic heterocycles. The van der Waals surface area contributed by atoms with Gasteiger partial charge >= 0.3 is 0 Å². The van der Waals surface area contributed by atoms with Crippen LogP contribution >= 0.6 is 11.6 Å². The second-order valence-corrected chi connectivity index (χ2v) is 6.62. The van der Waals surface area contributed by atoms with Gasteiger partial charge in [0.1, 0.15) is 0 Å². The van der Waals surface area contributed by atoms with Crippen LogP contribution in [0.25, 0.3) is 0 Å². The average Bonchev–Trinajstić information content (AvgIpc) is 2.48. The van der Waals surface area contributed by atoms with E-state index in [1.54, 1.807) is 0 Å². The number of halogens is 1. The summed E-state index contributed by atoms with van der Waals surface area (Å²) < 4.78 is 0. The molecule has 0 unspecified atom stereocenters. The van der Waals surface area contributed by atoms with Crippen LogP contribution in [0.3, 0.4) is 0 Å². The lowest BCUT2D eigenvalue weighted by atomic mass is 10.0. The van der Waals surface area contributed by atoms with Crippen LogP contribution < -0.4 is 5.32 Å². The normalized spacial score (nSPS) is 16.9. The standard InChI is InChI=1S/C18H27ClN2/c1-15(2)8-12-21-13-9-18(10-14-21)20-11-7-16-3-5-17(19)6-4-16/h3-6,8,18,20H,7,9-14H2,1-2H3. The minimum absolute atomic E-state index is 0.681. The fraction of sp³-hybridized carbons (Fsp3) is 0.556. The quantitative estimate of drug-likeness (QED) is 0.802. The van der Waals surface area contributed by atoms with E-state index in [-0.39, 0.29) is 0 Å². The van der Waals surface area contributed by atoms with Gasteiger partial charge in [-0.05, 0) is 70.4 Å². The number of hydrogen-bond donors (Lipinski definition) is 1. The van der Waals surface area contributed by atoms with E-state index < -0.39 is 0 Å². The van der Waals surface area contributed by atoms with Gasteiger partial charge in [-0.1, -0.05) is 35.4 Å². The number of nitrogens with one attached hydrogen (secondary N) is 1. The fourth-order valence-corrected chi connectivity index (χ4v) is 2.83. The smallest absolute Gasteiger partial charge is 0.0406 e. The molecule has 0 amide bonds. The molecule has 1 aromatic rings. The zero-order valence-electron chi connectivity index (χ0n) is 13.2. The first-order valence-electron chi connectivity index (χ1n) is 7.97. The third-order valence-electron chi connectivity index (χ3n) is 4.11. The molecule has 0 saturated carbocycles. The molecule has 2 rings (SSSR count). The van der Waals surface area contributed by atoms with E-state index in [0.717, 1.165) is 24.5 Å². The van der Waals surface area contributed by atoms with E-state index in [9.17, 15) is 0 Å². The van der Waals surface area contributed by atoms with Crippen molar-refractivity contribution >= 4 is 11.6 Å². The van der Waals surface area contributed by atoms with E-state index in [0.29, 0.717) is 6.04 Å². The topological polar surface area (TPSA) is 15.3 Å². The summed E-state index contributed by atoms with van der Waals surface area (Å²) in [4.78, 5) is 2.55. The van der Waals surface area contributed by atoms with E-state index in [4.69, 9.17) is 11.6 Å². The Hall–Kier alpha value is -0.830. The average molecular weight is 307 g/mol. The van der Waals surface area contributed by atoms with Gasteiger partial charge in [0.15, 0.2) is 0 Å². The van der Waals surface area contributed by atoms with Gasteiger partial charge < -0.3 is 5.32 Å². The zero-order chi connectivity index (χ0) is 15.1. The van der Waals surface area contributed by atoms with Gasteiger partial charge in [-0.25, -0.2) is 0 Å². The molecule has 3 heteroatoms. The van der Waals surface area contributed by atoms with Crippen molar-refractivity contribution in [2.75, 3.05) is 26.2 Å². The summed E-state index contributed by atoms with van der Waals surface area (Å²) in [5, 5.41) is 4.51. The van der Waals surface area contributed by atoms with Crippen molar-refractivity contribution < 1.29 is 0 Å². The van der Waals surface area contributed by atoms with Gasteiger partial charge in [-0.15, -0.1) is 0 Å². The van der Waals surface area contributed by atoms with Crippen molar-refractivity contribution in [3.63, 3.8) is 0 Å². The molecule has 0 spiro atoms. The second kappa shape index (κ2) is 8.57. The predicted molar refractivity (Wildman–Crippen MR) is 92.1 cm³/mol. The molecule has 2 nitrogen and oxygen atoms in total. The molecule has 116 valence electrons. The first kappa shape index (κ1) is 16.5. The van der Waals surface area contributed by atoms with Crippen molar-refractivity contribution in [3.05, 3.63) is 46.5 Å². The van der Waals surface area contributed by atoms with Gasteiger partial charge in [0.05, 0.1) is 0 Å². The summed E-state index contributed by atoms with van der Waals surface area (Å²) in [6.07, 6.45) is 5.93. The second-order valence-electron chi connectivity index (χ2n) is 6.19. The van der Waals surface area contributed by atoms with Crippen LogP contribution in [-0.4, -0.2) is 37.1 Å². The van der Waals surface area contributed by atoms with Crippen LogP contribution in [0.2, 0.25) is 5.02 Å². The maximum atomic E-state index is 5.90. The summed E-state index contributed by atoms with van der Waals surface area (Å²) in [7, 11) is 0. The number of hydrogen-bond acceptors (Lipinski definition) is 2. The van der Waals surface area contributed by atoms with Gasteiger partial charge in [-0.3, -0.25) is 4.90 Å². The van der Waals surface area contributed by atoms with Crippen molar-refractivity contribution in [2.45, 2.75) is 39.2 Å². The molecule has 0 aliphatic carbocycles. The van der Waals surface area contributed by atoms with Gasteiger partial charge in [0.2, 0.25) is 0 Å². The molecule has 1 saturated heterocycles. The van der Waals surface area contributed by atoms with Gasteiger partial charge in [0.25, 0.3) is 0 Å². The van der Waals surface area contributed by atoms with Crippen LogP contribution in [-0.2, 0) is 6.42 Å². The summed E-state index contributed by atoms with van der Waals surface area (Å²) in [6, 6.07) is 8.86. The highest BCUT2D eigenvalue weighted by Gasteiger charge is 2.17. The van der Waals surface area contributed by atoms with Crippen molar-refractivity contribution in [1.82, 2.24) is 10.2 Å². The molecule has 1 aliphatic heterocycles. The highest BCUT2D eigenvalue weighted by Crippen LogP contribution is 2.12. The van der Waals surface area contributed by atoms with Crippen LogP contribution in [0.4, 0.5) is 0 Å². The Morgan fingerprint density at radius 3 is 2.52 bits per heavy atom.